The number of rotatable bonds is 5. The summed E-state index contributed by atoms with van der Waals surface area (Å²) in [4.78, 5) is 27.9. The molecule has 2 aromatic carbocycles. The summed E-state index contributed by atoms with van der Waals surface area (Å²) >= 11 is 12.1. The largest absolute Gasteiger partial charge is 0.441 e. The molecule has 0 spiro atoms. The number of primary amides is 1. The number of piperazine rings is 1. The minimum absolute atomic E-state index is 0.0553. The van der Waals surface area contributed by atoms with Crippen LogP contribution >= 0.6 is 23.2 Å². The predicted octanol–water partition coefficient (Wildman–Crippen LogP) is 3.87. The van der Waals surface area contributed by atoms with Gasteiger partial charge in [-0.2, -0.15) is 0 Å². The first kappa shape index (κ1) is 20.3. The fraction of sp³-hybridized carbons (Fsp3) is 0.300. The van der Waals surface area contributed by atoms with Gasteiger partial charge in [0.15, 0.2) is 0 Å². The van der Waals surface area contributed by atoms with Crippen molar-refractivity contribution in [3.05, 3.63) is 64.1 Å². The van der Waals surface area contributed by atoms with Crippen LogP contribution in [-0.4, -0.2) is 43.1 Å². The molecule has 1 unspecified atom stereocenters. The molecule has 1 saturated heterocycles. The van der Waals surface area contributed by atoms with E-state index in [1.54, 1.807) is 11.0 Å². The molecule has 1 heterocycles. The van der Waals surface area contributed by atoms with Gasteiger partial charge in [-0.05, 0) is 23.8 Å². The summed E-state index contributed by atoms with van der Waals surface area (Å²) in [6, 6.07) is 14.6. The Morgan fingerprint density at radius 2 is 1.68 bits per heavy atom. The number of amides is 2. The van der Waals surface area contributed by atoms with Crippen LogP contribution in [0.1, 0.15) is 18.1 Å². The quantitative estimate of drug-likeness (QED) is 0.794. The van der Waals surface area contributed by atoms with Crippen LogP contribution in [0.15, 0.2) is 48.5 Å². The molecule has 2 aromatic rings. The van der Waals surface area contributed by atoms with E-state index in [-0.39, 0.29) is 12.3 Å². The van der Waals surface area contributed by atoms with Gasteiger partial charge in [0.2, 0.25) is 5.91 Å². The van der Waals surface area contributed by atoms with Crippen molar-refractivity contribution in [2.75, 3.05) is 31.1 Å². The second-order valence-electron chi connectivity index (χ2n) is 6.51. The van der Waals surface area contributed by atoms with Crippen molar-refractivity contribution in [2.24, 2.45) is 5.73 Å². The molecular formula is C20H21Cl2N3O3. The minimum Gasteiger partial charge on any atom is -0.441 e. The lowest BCUT2D eigenvalue weighted by Crippen LogP contribution is -2.49. The summed E-state index contributed by atoms with van der Waals surface area (Å²) in [6.07, 6.45) is -1.54. The second-order valence-corrected chi connectivity index (χ2v) is 7.32. The SMILES string of the molecule is NC(=O)OC(CC(=O)N1CCN(c2ccc(Cl)c(Cl)c2)CC1)c1ccccc1. The van der Waals surface area contributed by atoms with E-state index in [0.29, 0.717) is 36.2 Å². The summed E-state index contributed by atoms with van der Waals surface area (Å²) in [5.74, 6) is -0.0797. The Balaban J connectivity index is 1.60. The fourth-order valence-electron chi connectivity index (χ4n) is 3.22. The number of benzene rings is 2. The molecule has 0 bridgehead atoms. The van der Waals surface area contributed by atoms with Crippen molar-refractivity contribution < 1.29 is 14.3 Å². The molecule has 0 radical (unpaired) electrons. The van der Waals surface area contributed by atoms with Crippen LogP contribution in [0.2, 0.25) is 10.0 Å². The van der Waals surface area contributed by atoms with Gasteiger partial charge in [-0.3, -0.25) is 4.79 Å². The lowest BCUT2D eigenvalue weighted by molar-refractivity contribution is -0.133. The van der Waals surface area contributed by atoms with E-state index in [9.17, 15) is 9.59 Å². The van der Waals surface area contributed by atoms with Crippen LogP contribution in [0.25, 0.3) is 0 Å². The lowest BCUT2D eigenvalue weighted by Gasteiger charge is -2.36. The molecule has 0 aromatic heterocycles. The van der Waals surface area contributed by atoms with E-state index in [1.165, 1.54) is 0 Å². The number of hydrogen-bond donors (Lipinski definition) is 1. The standard InChI is InChI=1S/C20H21Cl2N3O3/c21-16-7-6-15(12-17(16)22)24-8-10-25(11-9-24)19(26)13-18(28-20(23)27)14-4-2-1-3-5-14/h1-7,12,18H,8-11,13H2,(H2,23,27). The highest BCUT2D eigenvalue weighted by atomic mass is 35.5. The molecule has 28 heavy (non-hydrogen) atoms. The molecule has 1 atom stereocenters. The van der Waals surface area contributed by atoms with Crippen molar-refractivity contribution in [3.63, 3.8) is 0 Å². The van der Waals surface area contributed by atoms with E-state index in [2.05, 4.69) is 4.90 Å². The van der Waals surface area contributed by atoms with Gasteiger partial charge >= 0.3 is 6.09 Å². The smallest absolute Gasteiger partial charge is 0.405 e. The molecule has 1 aliphatic rings. The number of nitrogens with two attached hydrogens (primary N) is 1. The van der Waals surface area contributed by atoms with E-state index in [4.69, 9.17) is 33.7 Å². The molecule has 3 rings (SSSR count). The summed E-state index contributed by atoms with van der Waals surface area (Å²) < 4.78 is 5.17. The van der Waals surface area contributed by atoms with Crippen LogP contribution in [-0.2, 0) is 9.53 Å². The van der Waals surface area contributed by atoms with Crippen molar-refractivity contribution >= 4 is 40.9 Å². The zero-order chi connectivity index (χ0) is 20.1. The van der Waals surface area contributed by atoms with Crippen molar-refractivity contribution in [2.45, 2.75) is 12.5 Å². The van der Waals surface area contributed by atoms with Gasteiger partial charge in [-0.1, -0.05) is 53.5 Å². The molecule has 148 valence electrons. The summed E-state index contributed by atoms with van der Waals surface area (Å²) in [5.41, 5.74) is 6.89. The van der Waals surface area contributed by atoms with E-state index in [1.807, 2.05) is 42.5 Å². The molecule has 1 fully saturated rings. The number of ether oxygens (including phenoxy) is 1. The fourth-order valence-corrected chi connectivity index (χ4v) is 3.51. The van der Waals surface area contributed by atoms with Crippen molar-refractivity contribution in [1.82, 2.24) is 4.90 Å². The van der Waals surface area contributed by atoms with E-state index in [0.717, 1.165) is 11.3 Å². The monoisotopic (exact) mass is 421 g/mol. The predicted molar refractivity (Wildman–Crippen MR) is 110 cm³/mol. The maximum atomic E-state index is 12.7. The summed E-state index contributed by atoms with van der Waals surface area (Å²) in [7, 11) is 0. The Labute approximate surface area is 173 Å². The normalized spacial score (nSPS) is 15.2. The average Bonchev–Trinajstić information content (AvgIpc) is 2.70. The number of hydrogen-bond acceptors (Lipinski definition) is 4. The van der Waals surface area contributed by atoms with Gasteiger partial charge < -0.3 is 20.3 Å². The first-order valence-corrected chi connectivity index (χ1v) is 9.68. The van der Waals surface area contributed by atoms with Gasteiger partial charge in [-0.15, -0.1) is 0 Å². The van der Waals surface area contributed by atoms with Crippen molar-refractivity contribution in [1.29, 1.82) is 0 Å². The molecule has 0 aliphatic carbocycles. The lowest BCUT2D eigenvalue weighted by atomic mass is 10.1. The van der Waals surface area contributed by atoms with Gasteiger partial charge in [0.25, 0.3) is 0 Å². The third kappa shape index (κ3) is 5.09. The Kier molecular flexibility index (Phi) is 6.65. The molecule has 6 nitrogen and oxygen atoms in total. The number of carbonyl (C=O) groups excluding carboxylic acids is 2. The average molecular weight is 422 g/mol. The van der Waals surface area contributed by atoms with Crippen LogP contribution in [0.4, 0.5) is 10.5 Å². The van der Waals surface area contributed by atoms with Gasteiger partial charge in [0, 0.05) is 31.9 Å². The first-order valence-electron chi connectivity index (χ1n) is 8.93. The first-order chi connectivity index (χ1) is 13.4. The van der Waals surface area contributed by atoms with Gasteiger partial charge in [0.05, 0.1) is 16.5 Å². The number of nitrogens with zero attached hydrogens (tertiary/aromatic N) is 2. The summed E-state index contributed by atoms with van der Waals surface area (Å²) in [6.45, 7) is 2.49. The third-order valence-corrected chi connectivity index (χ3v) is 5.43. The highest BCUT2D eigenvalue weighted by Gasteiger charge is 2.26. The zero-order valence-electron chi connectivity index (χ0n) is 15.2. The van der Waals surface area contributed by atoms with E-state index < -0.39 is 12.2 Å². The molecular weight excluding hydrogens is 401 g/mol. The second kappa shape index (κ2) is 9.17. The van der Waals surface area contributed by atoms with Crippen LogP contribution < -0.4 is 10.6 Å². The molecule has 2 N–H and O–H groups in total. The van der Waals surface area contributed by atoms with Crippen molar-refractivity contribution in [3.8, 4) is 0 Å². The maximum Gasteiger partial charge on any atom is 0.405 e. The molecule has 8 heteroatoms. The highest BCUT2D eigenvalue weighted by molar-refractivity contribution is 6.42. The Hall–Kier alpha value is -2.44. The molecule has 2 amide bonds. The van der Waals surface area contributed by atoms with Crippen LogP contribution in [0.5, 0.6) is 0 Å². The van der Waals surface area contributed by atoms with Gasteiger partial charge in [-0.25, -0.2) is 4.79 Å². The maximum absolute atomic E-state index is 12.7. The molecule has 0 saturated carbocycles. The molecule has 1 aliphatic heterocycles. The highest BCUT2D eigenvalue weighted by Crippen LogP contribution is 2.28. The number of anilines is 1. The number of carbonyl (C=O) groups is 2. The van der Waals surface area contributed by atoms with Crippen LogP contribution in [0.3, 0.4) is 0 Å². The Morgan fingerprint density at radius 1 is 1.00 bits per heavy atom. The van der Waals surface area contributed by atoms with E-state index >= 15 is 0 Å². The Morgan fingerprint density at radius 3 is 2.29 bits per heavy atom. The minimum atomic E-state index is -0.897. The zero-order valence-corrected chi connectivity index (χ0v) is 16.7. The Bertz CT molecular complexity index is 840. The third-order valence-electron chi connectivity index (χ3n) is 4.69. The van der Waals surface area contributed by atoms with Gasteiger partial charge in [0.1, 0.15) is 6.10 Å². The summed E-state index contributed by atoms with van der Waals surface area (Å²) in [5, 5.41) is 1.02. The topological polar surface area (TPSA) is 75.9 Å². The number of halogens is 2. The van der Waals surface area contributed by atoms with Crippen LogP contribution in [0, 0.1) is 0 Å².